The lowest BCUT2D eigenvalue weighted by Crippen LogP contribution is -2.40. The molecule has 0 aliphatic rings. The van der Waals surface area contributed by atoms with E-state index in [-0.39, 0.29) is 19.4 Å². The van der Waals surface area contributed by atoms with Gasteiger partial charge in [-0.1, -0.05) is 83.2 Å². The number of amides is 3. The summed E-state index contributed by atoms with van der Waals surface area (Å²) in [5.41, 5.74) is 1.02. The number of benzene rings is 1. The van der Waals surface area contributed by atoms with Gasteiger partial charge < -0.3 is 5.32 Å². The summed E-state index contributed by atoms with van der Waals surface area (Å²) in [6.07, 6.45) is 8.55. The molecular formula is C20H34N2O2. The van der Waals surface area contributed by atoms with E-state index in [4.69, 9.17) is 0 Å². The first kappa shape index (κ1) is 22.2. The van der Waals surface area contributed by atoms with Crippen LogP contribution in [0.1, 0.15) is 84.2 Å². The molecule has 0 radical (unpaired) electrons. The third kappa shape index (κ3) is 10.0. The monoisotopic (exact) mass is 334 g/mol. The summed E-state index contributed by atoms with van der Waals surface area (Å²) < 4.78 is 0. The zero-order chi connectivity index (χ0) is 16.9. The van der Waals surface area contributed by atoms with Crippen LogP contribution in [0.15, 0.2) is 30.3 Å². The Balaban J connectivity index is 0.00000529. The van der Waals surface area contributed by atoms with Crippen molar-refractivity contribution in [2.75, 3.05) is 0 Å². The Kier molecular flexibility index (Phi) is 12.5. The smallest absolute Gasteiger partial charge is 0.321 e. The van der Waals surface area contributed by atoms with E-state index in [1.54, 1.807) is 0 Å². The van der Waals surface area contributed by atoms with E-state index in [9.17, 15) is 9.59 Å². The van der Waals surface area contributed by atoms with Crippen molar-refractivity contribution in [2.24, 2.45) is 0 Å². The van der Waals surface area contributed by atoms with Crippen molar-refractivity contribution in [1.82, 2.24) is 10.6 Å². The Morgan fingerprint density at radius 3 is 2.17 bits per heavy atom. The van der Waals surface area contributed by atoms with Crippen LogP contribution in [0, 0.1) is 0 Å². The number of carbonyl (C=O) groups excluding carboxylic acids is 2. The summed E-state index contributed by atoms with van der Waals surface area (Å²) in [7, 11) is 0. The fourth-order valence-corrected chi connectivity index (χ4v) is 2.49. The summed E-state index contributed by atoms with van der Waals surface area (Å²) in [4.78, 5) is 23.5. The van der Waals surface area contributed by atoms with Gasteiger partial charge in [0, 0.05) is 6.42 Å². The van der Waals surface area contributed by atoms with Gasteiger partial charge in [-0.05, 0) is 18.9 Å². The van der Waals surface area contributed by atoms with Crippen LogP contribution in [-0.2, 0) is 4.79 Å². The minimum Gasteiger partial charge on any atom is -0.331 e. The van der Waals surface area contributed by atoms with Crippen LogP contribution in [0.4, 0.5) is 4.79 Å². The molecule has 0 bridgehead atoms. The second kappa shape index (κ2) is 13.6. The molecule has 1 aromatic rings. The van der Waals surface area contributed by atoms with Crippen LogP contribution in [0.5, 0.6) is 0 Å². The van der Waals surface area contributed by atoms with Crippen molar-refractivity contribution in [2.45, 2.75) is 78.7 Å². The Morgan fingerprint density at radius 1 is 0.958 bits per heavy atom. The number of unbranched alkanes of at least 4 members (excludes halogenated alkanes) is 6. The average Bonchev–Trinajstić information content (AvgIpc) is 2.54. The predicted octanol–water partition coefficient (Wildman–Crippen LogP) is 5.35. The standard InChI is InChI=1S/C19H30N2O2.CH4/c1-3-4-5-6-7-8-12-15-18(22)21-19(23)20-16(2)17-13-10-9-11-14-17;/h9-11,13-14,16H,3-8,12,15H2,1-2H3,(H2,20,21,22,23);1H4/t16-;/m1./s1. The Hall–Kier alpha value is -1.84. The lowest BCUT2D eigenvalue weighted by molar-refractivity contribution is -0.120. The van der Waals surface area contributed by atoms with Crippen LogP contribution in [0.25, 0.3) is 0 Å². The molecule has 2 N–H and O–H groups in total. The number of carbonyl (C=O) groups is 2. The number of hydrogen-bond donors (Lipinski definition) is 2. The topological polar surface area (TPSA) is 58.2 Å². The van der Waals surface area contributed by atoms with Crippen molar-refractivity contribution in [1.29, 1.82) is 0 Å². The molecule has 0 saturated carbocycles. The summed E-state index contributed by atoms with van der Waals surface area (Å²) in [5.74, 6) is -0.198. The fraction of sp³-hybridized carbons (Fsp3) is 0.600. The van der Waals surface area contributed by atoms with Crippen molar-refractivity contribution < 1.29 is 9.59 Å². The van der Waals surface area contributed by atoms with E-state index in [2.05, 4.69) is 17.6 Å². The molecule has 0 spiro atoms. The second-order valence-electron chi connectivity index (χ2n) is 6.03. The maximum atomic E-state index is 11.8. The van der Waals surface area contributed by atoms with Gasteiger partial charge in [-0.3, -0.25) is 10.1 Å². The van der Waals surface area contributed by atoms with Gasteiger partial charge in [0.25, 0.3) is 0 Å². The molecule has 0 fully saturated rings. The highest BCUT2D eigenvalue weighted by molar-refractivity contribution is 5.94. The Labute approximate surface area is 147 Å². The summed E-state index contributed by atoms with van der Waals surface area (Å²) >= 11 is 0. The maximum Gasteiger partial charge on any atom is 0.321 e. The van der Waals surface area contributed by atoms with Crippen LogP contribution in [0.2, 0.25) is 0 Å². The van der Waals surface area contributed by atoms with E-state index in [0.717, 1.165) is 18.4 Å². The average molecular weight is 335 g/mol. The zero-order valence-electron chi connectivity index (χ0n) is 14.4. The minimum absolute atomic E-state index is 0. The van der Waals surface area contributed by atoms with Gasteiger partial charge in [0.05, 0.1) is 6.04 Å². The molecule has 1 atom stereocenters. The molecule has 0 aliphatic heterocycles. The van der Waals surface area contributed by atoms with Crippen LogP contribution < -0.4 is 10.6 Å². The third-order valence-electron chi connectivity index (χ3n) is 3.91. The zero-order valence-corrected chi connectivity index (χ0v) is 14.4. The highest BCUT2D eigenvalue weighted by Gasteiger charge is 2.11. The van der Waals surface area contributed by atoms with Crippen LogP contribution in [-0.4, -0.2) is 11.9 Å². The van der Waals surface area contributed by atoms with E-state index in [0.29, 0.717) is 6.42 Å². The summed E-state index contributed by atoms with van der Waals surface area (Å²) in [6.45, 7) is 4.10. The van der Waals surface area contributed by atoms with Gasteiger partial charge in [0.2, 0.25) is 5.91 Å². The van der Waals surface area contributed by atoms with Crippen molar-refractivity contribution >= 4 is 11.9 Å². The Morgan fingerprint density at radius 2 is 1.54 bits per heavy atom. The lowest BCUT2D eigenvalue weighted by atomic mass is 10.1. The maximum absolute atomic E-state index is 11.8. The Bertz CT molecular complexity index is 460. The van der Waals surface area contributed by atoms with Crippen molar-refractivity contribution in [3.8, 4) is 0 Å². The van der Waals surface area contributed by atoms with Gasteiger partial charge in [0.1, 0.15) is 0 Å². The molecule has 0 unspecified atom stereocenters. The first-order valence-corrected chi connectivity index (χ1v) is 8.78. The molecule has 0 aromatic heterocycles. The molecule has 4 heteroatoms. The van der Waals surface area contributed by atoms with Gasteiger partial charge in [0.15, 0.2) is 0 Å². The second-order valence-corrected chi connectivity index (χ2v) is 6.03. The van der Waals surface area contributed by atoms with Gasteiger partial charge in [-0.15, -0.1) is 0 Å². The number of nitrogens with one attached hydrogen (secondary N) is 2. The highest BCUT2D eigenvalue weighted by atomic mass is 16.2. The number of hydrogen-bond acceptors (Lipinski definition) is 2. The molecule has 0 heterocycles. The number of urea groups is 1. The lowest BCUT2D eigenvalue weighted by Gasteiger charge is -2.14. The van der Waals surface area contributed by atoms with Crippen molar-refractivity contribution in [3.05, 3.63) is 35.9 Å². The number of rotatable bonds is 10. The first-order valence-electron chi connectivity index (χ1n) is 8.78. The SMILES string of the molecule is C.CCCCCCCCCC(=O)NC(=O)N[C@H](C)c1ccccc1. The fourth-order valence-electron chi connectivity index (χ4n) is 2.49. The molecule has 24 heavy (non-hydrogen) atoms. The highest BCUT2D eigenvalue weighted by Crippen LogP contribution is 2.11. The van der Waals surface area contributed by atoms with E-state index < -0.39 is 6.03 Å². The predicted molar refractivity (Wildman–Crippen MR) is 101 cm³/mol. The van der Waals surface area contributed by atoms with Crippen LogP contribution in [0.3, 0.4) is 0 Å². The first-order chi connectivity index (χ1) is 11.1. The molecule has 0 saturated heterocycles. The molecule has 4 nitrogen and oxygen atoms in total. The van der Waals surface area contributed by atoms with Crippen molar-refractivity contribution in [3.63, 3.8) is 0 Å². The molecule has 3 amide bonds. The molecular weight excluding hydrogens is 300 g/mol. The molecule has 1 aromatic carbocycles. The number of imide groups is 1. The summed E-state index contributed by atoms with van der Waals surface area (Å²) in [5, 5.41) is 5.18. The minimum atomic E-state index is -0.422. The summed E-state index contributed by atoms with van der Waals surface area (Å²) in [6, 6.07) is 9.14. The van der Waals surface area contributed by atoms with Gasteiger partial charge in [-0.25, -0.2) is 4.79 Å². The quantitative estimate of drug-likeness (QED) is 0.567. The largest absolute Gasteiger partial charge is 0.331 e. The van der Waals surface area contributed by atoms with E-state index in [1.165, 1.54) is 32.1 Å². The molecule has 0 aliphatic carbocycles. The van der Waals surface area contributed by atoms with E-state index in [1.807, 2.05) is 37.3 Å². The van der Waals surface area contributed by atoms with Gasteiger partial charge in [-0.2, -0.15) is 0 Å². The van der Waals surface area contributed by atoms with Gasteiger partial charge >= 0.3 is 6.03 Å². The van der Waals surface area contributed by atoms with E-state index >= 15 is 0 Å². The third-order valence-corrected chi connectivity index (χ3v) is 3.91. The molecule has 1 rings (SSSR count). The normalized spacial score (nSPS) is 11.2. The molecule has 136 valence electrons. The van der Waals surface area contributed by atoms with Crippen LogP contribution >= 0.6 is 0 Å².